The molecule has 0 fully saturated rings. The largest absolute Gasteiger partial charge is 0.495 e. The fraction of sp³-hybridized carbons (Fsp3) is 0.440. The van der Waals surface area contributed by atoms with Gasteiger partial charge in [-0.25, -0.2) is 12.8 Å². The Bertz CT molecular complexity index is 1120. The van der Waals surface area contributed by atoms with Crippen molar-refractivity contribution >= 4 is 27.5 Å². The molecule has 0 saturated carbocycles. The number of halogens is 1. The Balaban J connectivity index is 2.21. The van der Waals surface area contributed by atoms with Crippen LogP contribution in [0.4, 0.5) is 10.1 Å². The van der Waals surface area contributed by atoms with Crippen LogP contribution in [0.25, 0.3) is 0 Å². The molecular weight excluding hydrogens is 473 g/mol. The highest BCUT2D eigenvalue weighted by atomic mass is 32.2. The van der Waals surface area contributed by atoms with E-state index in [-0.39, 0.29) is 49.4 Å². The van der Waals surface area contributed by atoms with Gasteiger partial charge < -0.3 is 15.0 Å². The maximum Gasteiger partial charge on any atom is 0.242 e. The van der Waals surface area contributed by atoms with Gasteiger partial charge in [0, 0.05) is 31.1 Å². The highest BCUT2D eigenvalue weighted by Crippen LogP contribution is 2.29. The van der Waals surface area contributed by atoms with E-state index in [2.05, 4.69) is 5.32 Å². The fourth-order valence-electron chi connectivity index (χ4n) is 3.62. The molecule has 1 N–H and O–H groups in total. The zero-order valence-corrected chi connectivity index (χ0v) is 21.6. The molecule has 192 valence electrons. The first kappa shape index (κ1) is 28.1. The normalized spacial score (nSPS) is 12.2. The third-order valence-corrected chi connectivity index (χ3v) is 6.58. The van der Waals surface area contributed by atoms with E-state index in [0.29, 0.717) is 11.4 Å². The van der Waals surface area contributed by atoms with Crippen LogP contribution in [-0.4, -0.2) is 57.1 Å². The second-order valence-electron chi connectivity index (χ2n) is 8.56. The summed E-state index contributed by atoms with van der Waals surface area (Å²) in [6, 6.07) is 11.8. The van der Waals surface area contributed by atoms with Gasteiger partial charge >= 0.3 is 0 Å². The van der Waals surface area contributed by atoms with E-state index >= 15 is 0 Å². The SMILES string of the molecule is COc1ccccc1N(CCCC(=O)N(Cc1ccccc1F)C(C)C(=O)NC(C)C)S(C)(=O)=O. The van der Waals surface area contributed by atoms with Crippen LogP contribution in [0.3, 0.4) is 0 Å². The first-order valence-corrected chi connectivity index (χ1v) is 13.2. The summed E-state index contributed by atoms with van der Waals surface area (Å²) in [5.41, 5.74) is 0.662. The van der Waals surface area contributed by atoms with Crippen LogP contribution < -0.4 is 14.4 Å². The second-order valence-corrected chi connectivity index (χ2v) is 10.5. The Hall–Kier alpha value is -3.14. The predicted octanol–water partition coefficient (Wildman–Crippen LogP) is 3.32. The van der Waals surface area contributed by atoms with E-state index in [0.717, 1.165) is 6.26 Å². The number of para-hydroxylation sites is 2. The lowest BCUT2D eigenvalue weighted by Gasteiger charge is -2.30. The number of hydrogen-bond acceptors (Lipinski definition) is 5. The van der Waals surface area contributed by atoms with E-state index in [1.54, 1.807) is 49.4 Å². The van der Waals surface area contributed by atoms with Gasteiger partial charge in [0.05, 0.1) is 19.1 Å². The van der Waals surface area contributed by atoms with Gasteiger partial charge in [-0.2, -0.15) is 0 Å². The molecule has 0 saturated heterocycles. The van der Waals surface area contributed by atoms with Crippen molar-refractivity contribution in [1.82, 2.24) is 10.2 Å². The molecule has 35 heavy (non-hydrogen) atoms. The Morgan fingerprint density at radius 1 is 1.06 bits per heavy atom. The molecule has 2 aromatic rings. The molecule has 10 heteroatoms. The standard InChI is InChI=1S/C25H34FN3O5S/c1-18(2)27-25(31)19(3)28(17-20-11-6-7-12-21(20)26)24(30)15-10-16-29(35(5,32)33)22-13-8-9-14-23(22)34-4/h6-9,11-14,18-19H,10,15-17H2,1-5H3,(H,27,31). The number of sulfonamides is 1. The first-order valence-electron chi connectivity index (χ1n) is 11.4. The highest BCUT2D eigenvalue weighted by molar-refractivity contribution is 7.92. The quantitative estimate of drug-likeness (QED) is 0.476. The van der Waals surface area contributed by atoms with Crippen molar-refractivity contribution in [3.63, 3.8) is 0 Å². The van der Waals surface area contributed by atoms with Gasteiger partial charge in [0.2, 0.25) is 21.8 Å². The fourth-order valence-corrected chi connectivity index (χ4v) is 4.59. The van der Waals surface area contributed by atoms with Crippen LogP contribution >= 0.6 is 0 Å². The van der Waals surface area contributed by atoms with Gasteiger partial charge in [-0.05, 0) is 45.4 Å². The van der Waals surface area contributed by atoms with Crippen molar-refractivity contribution in [2.75, 3.05) is 24.2 Å². The number of methoxy groups -OCH3 is 1. The lowest BCUT2D eigenvalue weighted by atomic mass is 10.1. The van der Waals surface area contributed by atoms with Crippen LogP contribution in [0.15, 0.2) is 48.5 Å². The smallest absolute Gasteiger partial charge is 0.242 e. The van der Waals surface area contributed by atoms with Gasteiger partial charge in [0.15, 0.2) is 0 Å². The number of carbonyl (C=O) groups is 2. The average molecular weight is 508 g/mol. The van der Waals surface area contributed by atoms with Crippen molar-refractivity contribution in [3.05, 3.63) is 59.9 Å². The molecule has 0 aliphatic carbocycles. The van der Waals surface area contributed by atoms with Crippen molar-refractivity contribution in [3.8, 4) is 5.75 Å². The number of amides is 2. The van der Waals surface area contributed by atoms with Gasteiger partial charge in [-0.1, -0.05) is 30.3 Å². The van der Waals surface area contributed by atoms with Crippen molar-refractivity contribution in [1.29, 1.82) is 0 Å². The number of ether oxygens (including phenoxy) is 1. The van der Waals surface area contributed by atoms with E-state index in [4.69, 9.17) is 4.74 Å². The highest BCUT2D eigenvalue weighted by Gasteiger charge is 2.28. The molecule has 8 nitrogen and oxygen atoms in total. The summed E-state index contributed by atoms with van der Waals surface area (Å²) in [6.07, 6.45) is 1.25. The topological polar surface area (TPSA) is 96.0 Å². The molecule has 0 aromatic heterocycles. The molecule has 0 heterocycles. The summed E-state index contributed by atoms with van der Waals surface area (Å²) in [6.45, 7) is 5.16. The third kappa shape index (κ3) is 7.95. The molecule has 1 atom stereocenters. The Morgan fingerprint density at radius 2 is 1.69 bits per heavy atom. The Kier molecular flexibility index (Phi) is 10.1. The monoisotopic (exact) mass is 507 g/mol. The molecule has 2 rings (SSSR count). The zero-order valence-electron chi connectivity index (χ0n) is 20.8. The molecule has 0 aliphatic rings. The van der Waals surface area contributed by atoms with E-state index in [9.17, 15) is 22.4 Å². The summed E-state index contributed by atoms with van der Waals surface area (Å²) >= 11 is 0. The number of anilines is 1. The van der Waals surface area contributed by atoms with Crippen LogP contribution in [0.1, 0.15) is 39.2 Å². The maximum absolute atomic E-state index is 14.3. The lowest BCUT2D eigenvalue weighted by molar-refractivity contribution is -0.140. The van der Waals surface area contributed by atoms with Gasteiger partial charge in [0.25, 0.3) is 0 Å². The first-order chi connectivity index (χ1) is 16.5. The van der Waals surface area contributed by atoms with Gasteiger partial charge in [-0.15, -0.1) is 0 Å². The van der Waals surface area contributed by atoms with Crippen LogP contribution in [-0.2, 0) is 26.2 Å². The summed E-state index contributed by atoms with van der Waals surface area (Å²) < 4.78 is 45.7. The van der Waals surface area contributed by atoms with Crippen molar-refractivity contribution in [2.24, 2.45) is 0 Å². The van der Waals surface area contributed by atoms with Crippen molar-refractivity contribution < 1.29 is 27.1 Å². The van der Waals surface area contributed by atoms with Gasteiger partial charge in [-0.3, -0.25) is 13.9 Å². The minimum absolute atomic E-state index is 0.0328. The van der Waals surface area contributed by atoms with Crippen LogP contribution in [0.2, 0.25) is 0 Å². The third-order valence-electron chi connectivity index (χ3n) is 5.40. The van der Waals surface area contributed by atoms with Crippen LogP contribution in [0, 0.1) is 5.82 Å². The molecule has 2 amide bonds. The molecular formula is C25H34FN3O5S. The second kappa shape index (κ2) is 12.5. The van der Waals surface area contributed by atoms with Crippen molar-refractivity contribution in [2.45, 2.75) is 52.2 Å². The minimum Gasteiger partial charge on any atom is -0.495 e. The van der Waals surface area contributed by atoms with Crippen LogP contribution in [0.5, 0.6) is 5.75 Å². The molecule has 0 aliphatic heterocycles. The molecule has 0 bridgehead atoms. The van der Waals surface area contributed by atoms with Gasteiger partial charge in [0.1, 0.15) is 17.6 Å². The van der Waals surface area contributed by atoms with E-state index in [1.807, 2.05) is 13.8 Å². The minimum atomic E-state index is -3.65. The number of rotatable bonds is 12. The number of nitrogens with zero attached hydrogens (tertiary/aromatic N) is 2. The van der Waals surface area contributed by atoms with E-state index in [1.165, 1.54) is 22.4 Å². The van der Waals surface area contributed by atoms with E-state index < -0.39 is 21.9 Å². The average Bonchev–Trinajstić information content (AvgIpc) is 2.79. The molecule has 0 spiro atoms. The Labute approximate surface area is 207 Å². The number of nitrogens with one attached hydrogen (secondary N) is 1. The predicted molar refractivity (Wildman–Crippen MR) is 134 cm³/mol. The zero-order chi connectivity index (χ0) is 26.2. The summed E-state index contributed by atoms with van der Waals surface area (Å²) in [4.78, 5) is 27.2. The summed E-state index contributed by atoms with van der Waals surface area (Å²) in [5, 5.41) is 2.78. The number of hydrogen-bond donors (Lipinski definition) is 1. The maximum atomic E-state index is 14.3. The summed E-state index contributed by atoms with van der Waals surface area (Å²) in [7, 11) is -2.20. The summed E-state index contributed by atoms with van der Waals surface area (Å²) in [5.74, 6) is -0.810. The number of benzene rings is 2. The number of carbonyl (C=O) groups excluding carboxylic acids is 2. The molecule has 0 radical (unpaired) electrons. The Morgan fingerprint density at radius 3 is 2.29 bits per heavy atom. The lowest BCUT2D eigenvalue weighted by Crippen LogP contribution is -2.49. The molecule has 2 aromatic carbocycles. The molecule has 1 unspecified atom stereocenters.